The second-order valence-corrected chi connectivity index (χ2v) is 9.88. The Morgan fingerprint density at radius 2 is 1.15 bits per heavy atom. The van der Waals surface area contributed by atoms with E-state index in [1.54, 1.807) is 0 Å². The number of nitrogens with zero attached hydrogens (tertiary/aromatic N) is 3. The average molecular weight is 514 g/mol. The van der Waals surface area contributed by atoms with Gasteiger partial charge in [0.1, 0.15) is 11.3 Å². The Morgan fingerprint density at radius 1 is 0.500 bits per heavy atom. The molecule has 40 heavy (non-hydrogen) atoms. The smallest absolute Gasteiger partial charge is 0.227 e. The summed E-state index contributed by atoms with van der Waals surface area (Å²) in [6.45, 7) is 0. The highest BCUT2D eigenvalue weighted by Gasteiger charge is 2.20. The summed E-state index contributed by atoms with van der Waals surface area (Å²) < 4.78 is 8.71. The van der Waals surface area contributed by atoms with E-state index >= 15 is 0 Å². The van der Waals surface area contributed by atoms with Crippen LogP contribution >= 0.6 is 0 Å². The molecule has 0 saturated carbocycles. The number of rotatable bonds is 4. The molecule has 5 aromatic carbocycles. The summed E-state index contributed by atoms with van der Waals surface area (Å²) in [5, 5.41) is 2.14. The van der Waals surface area contributed by atoms with Gasteiger partial charge in [-0.15, -0.1) is 0 Å². The largest absolute Gasteiger partial charge is 0.435 e. The van der Waals surface area contributed by atoms with E-state index in [2.05, 4.69) is 95.6 Å². The van der Waals surface area contributed by atoms with Gasteiger partial charge in [0, 0.05) is 16.5 Å². The number of para-hydroxylation sites is 1. The molecule has 0 spiro atoms. The van der Waals surface area contributed by atoms with E-state index in [1.807, 2.05) is 48.5 Å². The zero-order valence-corrected chi connectivity index (χ0v) is 21.5. The summed E-state index contributed by atoms with van der Waals surface area (Å²) in [5.74, 6) is 1.48. The van der Waals surface area contributed by atoms with Gasteiger partial charge in [0.2, 0.25) is 5.89 Å². The van der Waals surface area contributed by atoms with Crippen LogP contribution in [0.25, 0.3) is 72.6 Å². The maximum atomic E-state index is 6.47. The maximum Gasteiger partial charge on any atom is 0.227 e. The molecule has 0 saturated heterocycles. The Bertz CT molecular complexity index is 2090. The molecule has 0 bridgehead atoms. The van der Waals surface area contributed by atoms with Gasteiger partial charge in [0.25, 0.3) is 0 Å². The summed E-state index contributed by atoms with van der Waals surface area (Å²) in [6, 6.07) is 47.8. The highest BCUT2D eigenvalue weighted by atomic mass is 16.3. The molecular formula is C36H23N3O. The summed E-state index contributed by atoms with van der Waals surface area (Å²) in [6.07, 6.45) is 0. The van der Waals surface area contributed by atoms with Crippen LogP contribution in [0, 0.1) is 0 Å². The topological polar surface area (TPSA) is 43.9 Å². The highest BCUT2D eigenvalue weighted by Crippen LogP contribution is 2.39. The number of aromatic nitrogens is 3. The molecule has 4 nitrogen and oxygen atoms in total. The van der Waals surface area contributed by atoms with Crippen molar-refractivity contribution in [1.82, 2.24) is 14.5 Å². The molecule has 8 aromatic rings. The fourth-order valence-electron chi connectivity index (χ4n) is 5.57. The van der Waals surface area contributed by atoms with Crippen LogP contribution in [-0.2, 0) is 0 Å². The van der Waals surface area contributed by atoms with Crippen LogP contribution in [0.3, 0.4) is 0 Å². The van der Waals surface area contributed by atoms with Crippen molar-refractivity contribution in [2.45, 2.75) is 0 Å². The molecule has 0 aliphatic carbocycles. The minimum Gasteiger partial charge on any atom is -0.435 e. The normalized spacial score (nSPS) is 11.5. The molecular weight excluding hydrogens is 490 g/mol. The van der Waals surface area contributed by atoms with Gasteiger partial charge in [-0.3, -0.25) is 4.57 Å². The third kappa shape index (κ3) is 3.62. The van der Waals surface area contributed by atoms with Crippen molar-refractivity contribution in [3.8, 4) is 39.7 Å². The predicted molar refractivity (Wildman–Crippen MR) is 162 cm³/mol. The molecule has 3 aromatic heterocycles. The van der Waals surface area contributed by atoms with Crippen LogP contribution in [0.5, 0.6) is 0 Å². The van der Waals surface area contributed by atoms with Crippen molar-refractivity contribution >= 4 is 32.9 Å². The third-order valence-electron chi connectivity index (χ3n) is 7.43. The lowest BCUT2D eigenvalue weighted by Crippen LogP contribution is -2.00. The van der Waals surface area contributed by atoms with Gasteiger partial charge in [0.05, 0.1) is 22.1 Å². The lowest BCUT2D eigenvalue weighted by atomic mass is 10.0. The molecule has 0 radical (unpaired) electrons. The lowest BCUT2D eigenvalue weighted by Gasteiger charge is -2.13. The number of oxazole rings is 1. The first kappa shape index (κ1) is 22.5. The fourth-order valence-corrected chi connectivity index (χ4v) is 5.57. The Kier molecular flexibility index (Phi) is 5.10. The van der Waals surface area contributed by atoms with E-state index in [1.165, 1.54) is 0 Å². The SMILES string of the molecule is c1ccc(-c2cc(-c3ccccc3)nc(-n3c4ccccc4c4c5oc(-c6ccccc6)nc5ccc43)c2)cc1. The van der Waals surface area contributed by atoms with Crippen LogP contribution in [-0.4, -0.2) is 14.5 Å². The molecule has 0 fully saturated rings. The monoisotopic (exact) mass is 513 g/mol. The predicted octanol–water partition coefficient (Wildman–Crippen LogP) is 9.32. The van der Waals surface area contributed by atoms with Crippen molar-refractivity contribution in [1.29, 1.82) is 0 Å². The Morgan fingerprint density at radius 3 is 1.90 bits per heavy atom. The number of hydrogen-bond donors (Lipinski definition) is 0. The van der Waals surface area contributed by atoms with Gasteiger partial charge >= 0.3 is 0 Å². The molecule has 0 unspecified atom stereocenters. The van der Waals surface area contributed by atoms with E-state index in [4.69, 9.17) is 14.4 Å². The Labute approximate surface area is 230 Å². The van der Waals surface area contributed by atoms with E-state index in [0.717, 1.165) is 66.7 Å². The molecule has 0 atom stereocenters. The molecule has 8 rings (SSSR count). The van der Waals surface area contributed by atoms with Gasteiger partial charge in [-0.2, -0.15) is 0 Å². The van der Waals surface area contributed by atoms with E-state index in [9.17, 15) is 0 Å². The third-order valence-corrected chi connectivity index (χ3v) is 7.43. The van der Waals surface area contributed by atoms with Crippen LogP contribution in [0.1, 0.15) is 0 Å². The maximum absolute atomic E-state index is 6.47. The highest BCUT2D eigenvalue weighted by molar-refractivity contribution is 6.19. The van der Waals surface area contributed by atoms with Gasteiger partial charge in [-0.05, 0) is 53.6 Å². The molecule has 4 heteroatoms. The van der Waals surface area contributed by atoms with Crippen LogP contribution < -0.4 is 0 Å². The number of fused-ring (bicyclic) bond motifs is 5. The Balaban J connectivity index is 1.43. The van der Waals surface area contributed by atoms with Crippen molar-refractivity contribution in [2.24, 2.45) is 0 Å². The second kappa shape index (κ2) is 9.07. The van der Waals surface area contributed by atoms with Crippen LogP contribution in [0.4, 0.5) is 0 Å². The molecule has 0 N–H and O–H groups in total. The minimum absolute atomic E-state index is 0.621. The van der Waals surface area contributed by atoms with Crippen molar-refractivity contribution in [3.05, 3.63) is 140 Å². The van der Waals surface area contributed by atoms with Gasteiger partial charge in [-0.1, -0.05) is 97.1 Å². The zero-order chi connectivity index (χ0) is 26.5. The van der Waals surface area contributed by atoms with Crippen molar-refractivity contribution in [3.63, 3.8) is 0 Å². The van der Waals surface area contributed by atoms with Crippen molar-refractivity contribution in [2.75, 3.05) is 0 Å². The molecule has 0 aliphatic heterocycles. The van der Waals surface area contributed by atoms with Gasteiger partial charge in [0.15, 0.2) is 5.58 Å². The van der Waals surface area contributed by atoms with Crippen LogP contribution in [0.2, 0.25) is 0 Å². The van der Waals surface area contributed by atoms with Crippen molar-refractivity contribution < 1.29 is 4.42 Å². The standard InChI is InChI=1S/C36H23N3O/c1-4-12-24(13-5-1)27-22-30(25-14-6-2-7-15-25)37-33(23-27)39-31-19-11-10-18-28(31)34-32(39)21-20-29-35(34)40-36(38-29)26-16-8-3-9-17-26/h1-23H. The molecule has 188 valence electrons. The number of hydrogen-bond acceptors (Lipinski definition) is 3. The quantitative estimate of drug-likeness (QED) is 0.235. The van der Waals surface area contributed by atoms with Gasteiger partial charge < -0.3 is 4.42 Å². The van der Waals surface area contributed by atoms with E-state index in [-0.39, 0.29) is 0 Å². The Hall–Kier alpha value is -5.48. The summed E-state index contributed by atoms with van der Waals surface area (Å²) in [5.41, 5.74) is 8.94. The second-order valence-electron chi connectivity index (χ2n) is 9.88. The summed E-state index contributed by atoms with van der Waals surface area (Å²) >= 11 is 0. The molecule has 0 aliphatic rings. The molecule has 3 heterocycles. The molecule has 0 amide bonds. The van der Waals surface area contributed by atoms with Gasteiger partial charge in [-0.25, -0.2) is 9.97 Å². The summed E-state index contributed by atoms with van der Waals surface area (Å²) in [4.78, 5) is 10.1. The number of benzene rings is 5. The summed E-state index contributed by atoms with van der Waals surface area (Å²) in [7, 11) is 0. The lowest BCUT2D eigenvalue weighted by molar-refractivity contribution is 0.623. The number of pyridine rings is 1. The first-order chi connectivity index (χ1) is 19.8. The average Bonchev–Trinajstić information content (AvgIpc) is 3.62. The van der Waals surface area contributed by atoms with Crippen LogP contribution in [0.15, 0.2) is 144 Å². The van der Waals surface area contributed by atoms with E-state index < -0.39 is 0 Å². The first-order valence-corrected chi connectivity index (χ1v) is 13.3. The fraction of sp³-hybridized carbons (Fsp3) is 0. The van der Waals surface area contributed by atoms with E-state index in [0.29, 0.717) is 5.89 Å². The minimum atomic E-state index is 0.621. The zero-order valence-electron chi connectivity index (χ0n) is 21.5. The first-order valence-electron chi connectivity index (χ1n) is 13.3.